The van der Waals surface area contributed by atoms with Crippen LogP contribution in [0.1, 0.15) is 32.1 Å². The number of fused-ring (bicyclic) bond motifs is 1. The van der Waals surface area contributed by atoms with E-state index >= 15 is 0 Å². The lowest BCUT2D eigenvalue weighted by atomic mass is 9.95. The largest absolute Gasteiger partial charge is 0.312 e. The molecule has 5 nitrogen and oxygen atoms in total. The number of rotatable bonds is 6. The third-order valence-electron chi connectivity index (χ3n) is 6.68. The average Bonchev–Trinajstić information content (AvgIpc) is 3.69. The Labute approximate surface area is 218 Å². The third-order valence-corrected chi connectivity index (χ3v) is 7.54. The summed E-state index contributed by atoms with van der Waals surface area (Å²) in [5.41, 5.74) is 5.18. The van der Waals surface area contributed by atoms with Gasteiger partial charge in [-0.25, -0.2) is 4.98 Å². The molecular formula is C31H22N4OS. The van der Waals surface area contributed by atoms with Crippen molar-refractivity contribution in [2.45, 2.75) is 13.5 Å². The molecule has 0 aliphatic rings. The van der Waals surface area contributed by atoms with Crippen LogP contribution >= 0.6 is 11.3 Å². The van der Waals surface area contributed by atoms with Gasteiger partial charge in [-0.3, -0.25) is 4.79 Å². The number of thiophene rings is 1. The summed E-state index contributed by atoms with van der Waals surface area (Å²) in [5.74, 6) is 0.890. The summed E-state index contributed by atoms with van der Waals surface area (Å²) < 4.78 is 4.12. The molecule has 6 heteroatoms. The van der Waals surface area contributed by atoms with E-state index in [4.69, 9.17) is 5.26 Å². The molecule has 0 unspecified atom stereocenters. The minimum absolute atomic E-state index is 0.0207. The fraction of sp³-hybridized carbons (Fsp3) is 0.0645. The van der Waals surface area contributed by atoms with Gasteiger partial charge in [-0.15, -0.1) is 11.3 Å². The second-order valence-electron chi connectivity index (χ2n) is 8.89. The van der Waals surface area contributed by atoms with Gasteiger partial charge in [-0.05, 0) is 52.4 Å². The Morgan fingerprint density at radius 2 is 1.78 bits per heavy atom. The number of ketones is 1. The van der Waals surface area contributed by atoms with Crippen LogP contribution in [0.4, 0.5) is 0 Å². The topological polar surface area (TPSA) is 63.6 Å². The number of hydrogen-bond acceptors (Lipinski definition) is 4. The van der Waals surface area contributed by atoms with E-state index in [2.05, 4.69) is 50.6 Å². The normalized spacial score (nSPS) is 11.0. The van der Waals surface area contributed by atoms with E-state index in [0.29, 0.717) is 22.5 Å². The molecule has 0 bridgehead atoms. The summed E-state index contributed by atoms with van der Waals surface area (Å²) in [6.07, 6.45) is 5.68. The number of carbonyl (C=O) groups excluding carboxylic acids is 1. The Morgan fingerprint density at radius 1 is 0.973 bits per heavy atom. The van der Waals surface area contributed by atoms with Crippen LogP contribution in [0, 0.1) is 18.3 Å². The van der Waals surface area contributed by atoms with Crippen molar-refractivity contribution >= 4 is 27.9 Å². The maximum atomic E-state index is 13.8. The molecule has 0 spiro atoms. The van der Waals surface area contributed by atoms with Gasteiger partial charge in [0.2, 0.25) is 5.78 Å². The van der Waals surface area contributed by atoms with Crippen LogP contribution in [0.2, 0.25) is 0 Å². The van der Waals surface area contributed by atoms with E-state index in [0.717, 1.165) is 39.0 Å². The average molecular weight is 499 g/mol. The van der Waals surface area contributed by atoms with E-state index < -0.39 is 0 Å². The van der Waals surface area contributed by atoms with Gasteiger partial charge in [-0.2, -0.15) is 5.26 Å². The van der Waals surface area contributed by atoms with Gasteiger partial charge in [0.1, 0.15) is 5.82 Å². The molecule has 6 aromatic rings. The summed E-state index contributed by atoms with van der Waals surface area (Å²) in [6, 6.07) is 28.0. The molecule has 0 aliphatic heterocycles. The Bertz CT molecular complexity index is 1780. The predicted octanol–water partition coefficient (Wildman–Crippen LogP) is 7.01. The molecule has 0 aliphatic carbocycles. The van der Waals surface area contributed by atoms with Crippen molar-refractivity contribution in [2.24, 2.45) is 0 Å². The van der Waals surface area contributed by atoms with Crippen molar-refractivity contribution in [3.8, 4) is 23.0 Å². The van der Waals surface area contributed by atoms with Gasteiger partial charge in [0.25, 0.3) is 0 Å². The molecule has 3 aromatic heterocycles. The van der Waals surface area contributed by atoms with Crippen molar-refractivity contribution in [2.75, 3.05) is 0 Å². The molecule has 3 aromatic carbocycles. The van der Waals surface area contributed by atoms with Gasteiger partial charge in [0.05, 0.1) is 41.1 Å². The van der Waals surface area contributed by atoms with Crippen LogP contribution in [0.15, 0.2) is 103 Å². The number of nitriles is 1. The number of aromatic nitrogens is 3. The van der Waals surface area contributed by atoms with Crippen molar-refractivity contribution in [1.82, 2.24) is 14.1 Å². The molecular weight excluding hydrogens is 476 g/mol. The number of benzene rings is 3. The molecule has 6 rings (SSSR count). The monoisotopic (exact) mass is 498 g/mol. The van der Waals surface area contributed by atoms with Crippen LogP contribution in [0.3, 0.4) is 0 Å². The molecule has 0 saturated heterocycles. The number of hydrogen-bond donors (Lipinski definition) is 0. The molecule has 0 fully saturated rings. The molecule has 3 heterocycles. The maximum Gasteiger partial charge on any atom is 0.205 e. The van der Waals surface area contributed by atoms with E-state index in [-0.39, 0.29) is 5.78 Å². The molecule has 37 heavy (non-hydrogen) atoms. The van der Waals surface area contributed by atoms with Gasteiger partial charge < -0.3 is 9.13 Å². The fourth-order valence-electron chi connectivity index (χ4n) is 4.84. The number of carbonyl (C=O) groups is 1. The Hall–Kier alpha value is -4.73. The SMILES string of the molecule is Cc1c(C(=O)c2cccs2)c(-c2cccc3ccccc23)cn1-c1cncn1Cc1ccc(C#N)cc1. The lowest BCUT2D eigenvalue weighted by Crippen LogP contribution is -2.08. The first-order valence-electron chi connectivity index (χ1n) is 11.9. The molecule has 0 saturated carbocycles. The lowest BCUT2D eigenvalue weighted by molar-refractivity contribution is 0.104. The highest BCUT2D eigenvalue weighted by molar-refractivity contribution is 7.12. The first kappa shape index (κ1) is 22.7. The van der Waals surface area contributed by atoms with Gasteiger partial charge >= 0.3 is 0 Å². The first-order chi connectivity index (χ1) is 18.1. The highest BCUT2D eigenvalue weighted by Crippen LogP contribution is 2.36. The molecule has 0 radical (unpaired) electrons. The van der Waals surface area contributed by atoms with E-state index in [1.165, 1.54) is 11.3 Å². The van der Waals surface area contributed by atoms with Crippen LogP contribution in [0.5, 0.6) is 0 Å². The van der Waals surface area contributed by atoms with Crippen molar-refractivity contribution in [1.29, 1.82) is 5.26 Å². The summed E-state index contributed by atoms with van der Waals surface area (Å²) in [6.45, 7) is 2.59. The molecule has 0 amide bonds. The van der Waals surface area contributed by atoms with E-state index in [1.807, 2.05) is 73.1 Å². The Balaban J connectivity index is 1.52. The van der Waals surface area contributed by atoms with Crippen LogP contribution in [0.25, 0.3) is 27.7 Å². The second-order valence-corrected chi connectivity index (χ2v) is 9.84. The van der Waals surface area contributed by atoms with Gasteiger partial charge in [0, 0.05) is 17.5 Å². The second kappa shape index (κ2) is 9.38. The maximum absolute atomic E-state index is 13.8. The first-order valence-corrected chi connectivity index (χ1v) is 12.8. The fourth-order valence-corrected chi connectivity index (χ4v) is 5.51. The van der Waals surface area contributed by atoms with Gasteiger partial charge in [0.15, 0.2) is 0 Å². The number of nitrogens with zero attached hydrogens (tertiary/aromatic N) is 4. The highest BCUT2D eigenvalue weighted by atomic mass is 32.1. The Kier molecular flexibility index (Phi) is 5.76. The van der Waals surface area contributed by atoms with E-state index in [9.17, 15) is 4.79 Å². The minimum Gasteiger partial charge on any atom is -0.312 e. The van der Waals surface area contributed by atoms with Crippen molar-refractivity contribution in [3.05, 3.63) is 130 Å². The van der Waals surface area contributed by atoms with Crippen LogP contribution in [-0.4, -0.2) is 19.9 Å². The minimum atomic E-state index is 0.0207. The summed E-state index contributed by atoms with van der Waals surface area (Å²) in [7, 11) is 0. The summed E-state index contributed by atoms with van der Waals surface area (Å²) in [4.78, 5) is 19.0. The zero-order chi connectivity index (χ0) is 25.4. The quantitative estimate of drug-likeness (QED) is 0.232. The van der Waals surface area contributed by atoms with Crippen LogP contribution in [-0.2, 0) is 6.54 Å². The van der Waals surface area contributed by atoms with Gasteiger partial charge in [-0.1, -0.05) is 60.7 Å². The standard InChI is InChI=1S/C31H22N4OS/c1-21-30(31(36)28-10-5-15-37-28)27(26-9-4-7-24-6-2-3-8-25(24)26)19-35(21)29-17-33-20-34(29)18-23-13-11-22(16-32)12-14-23/h2-15,17,19-20H,18H2,1H3. The Morgan fingerprint density at radius 3 is 2.57 bits per heavy atom. The molecule has 0 N–H and O–H groups in total. The molecule has 178 valence electrons. The van der Waals surface area contributed by atoms with E-state index in [1.54, 1.807) is 6.33 Å². The molecule has 0 atom stereocenters. The third kappa shape index (κ3) is 4.06. The zero-order valence-corrected chi connectivity index (χ0v) is 20.9. The lowest BCUT2D eigenvalue weighted by Gasteiger charge is -2.11. The smallest absolute Gasteiger partial charge is 0.205 e. The van der Waals surface area contributed by atoms with Crippen molar-refractivity contribution in [3.63, 3.8) is 0 Å². The summed E-state index contributed by atoms with van der Waals surface area (Å²) >= 11 is 1.46. The summed E-state index contributed by atoms with van der Waals surface area (Å²) in [5, 5.41) is 13.3. The van der Waals surface area contributed by atoms with Crippen LogP contribution < -0.4 is 0 Å². The number of imidazole rings is 1. The predicted molar refractivity (Wildman–Crippen MR) is 147 cm³/mol. The highest BCUT2D eigenvalue weighted by Gasteiger charge is 2.25. The van der Waals surface area contributed by atoms with Crippen molar-refractivity contribution < 1.29 is 4.79 Å². The zero-order valence-electron chi connectivity index (χ0n) is 20.1.